The Morgan fingerprint density at radius 3 is 2.29 bits per heavy atom. The van der Waals surface area contributed by atoms with Crippen LogP contribution in [-0.4, -0.2) is 60.2 Å². The molecule has 2 fully saturated rings. The lowest BCUT2D eigenvalue weighted by Crippen LogP contribution is -2.51. The van der Waals surface area contributed by atoms with Crippen molar-refractivity contribution in [3.05, 3.63) is 29.8 Å². The van der Waals surface area contributed by atoms with Crippen LogP contribution in [0.3, 0.4) is 0 Å². The molecule has 0 spiro atoms. The van der Waals surface area contributed by atoms with Crippen molar-refractivity contribution in [2.24, 2.45) is 5.92 Å². The molecule has 0 bridgehead atoms. The molecule has 1 aromatic carbocycles. The number of piperazine rings is 1. The van der Waals surface area contributed by atoms with E-state index in [1.54, 1.807) is 29.2 Å². The highest BCUT2D eigenvalue weighted by Crippen LogP contribution is 2.28. The maximum atomic E-state index is 12.4. The van der Waals surface area contributed by atoms with Crippen molar-refractivity contribution in [2.45, 2.75) is 45.4 Å². The van der Waals surface area contributed by atoms with E-state index in [0.29, 0.717) is 43.9 Å². The second-order valence-corrected chi connectivity index (χ2v) is 7.82. The number of benzene rings is 1. The van der Waals surface area contributed by atoms with Crippen molar-refractivity contribution in [1.29, 1.82) is 0 Å². The van der Waals surface area contributed by atoms with Crippen molar-refractivity contribution in [2.75, 3.05) is 32.8 Å². The van der Waals surface area contributed by atoms with Crippen LogP contribution >= 0.6 is 0 Å². The minimum atomic E-state index is -0.0914. The molecule has 1 saturated heterocycles. The zero-order valence-corrected chi connectivity index (χ0v) is 16.7. The van der Waals surface area contributed by atoms with Crippen LogP contribution in [0.1, 0.15) is 55.8 Å². The van der Waals surface area contributed by atoms with Gasteiger partial charge in [0.25, 0.3) is 5.91 Å². The first-order valence-electron chi connectivity index (χ1n) is 10.3. The summed E-state index contributed by atoms with van der Waals surface area (Å²) >= 11 is 0. The van der Waals surface area contributed by atoms with Crippen molar-refractivity contribution >= 4 is 17.6 Å². The summed E-state index contributed by atoms with van der Waals surface area (Å²) in [6.45, 7) is 3.72. The maximum Gasteiger partial charge on any atom is 0.260 e. The first-order chi connectivity index (χ1) is 13.5. The number of amides is 2. The average molecular weight is 386 g/mol. The predicted octanol–water partition coefficient (Wildman–Crippen LogP) is 2.91. The Labute approximate surface area is 166 Å². The zero-order valence-electron chi connectivity index (χ0n) is 16.7. The number of Topliss-reactive ketones (excluding diaryl/α,β-unsaturated/α-hetero) is 1. The van der Waals surface area contributed by atoms with Gasteiger partial charge in [0.05, 0.1) is 0 Å². The molecule has 1 aromatic rings. The molecule has 0 atom stereocenters. The van der Waals surface area contributed by atoms with Gasteiger partial charge in [-0.1, -0.05) is 37.8 Å². The topological polar surface area (TPSA) is 66.9 Å². The molecular weight excluding hydrogens is 356 g/mol. The van der Waals surface area contributed by atoms with E-state index in [4.69, 9.17) is 4.74 Å². The molecule has 3 rings (SSSR count). The molecule has 1 aliphatic carbocycles. The van der Waals surface area contributed by atoms with E-state index in [1.165, 1.54) is 32.6 Å². The normalized spacial score (nSPS) is 17.6. The molecule has 1 aliphatic heterocycles. The van der Waals surface area contributed by atoms with Crippen LogP contribution in [0.15, 0.2) is 24.3 Å². The Balaban J connectivity index is 1.39. The van der Waals surface area contributed by atoms with E-state index < -0.39 is 0 Å². The van der Waals surface area contributed by atoms with Gasteiger partial charge in [-0.05, 0) is 31.4 Å². The van der Waals surface area contributed by atoms with Gasteiger partial charge in [-0.15, -0.1) is 0 Å². The van der Waals surface area contributed by atoms with Crippen LogP contribution in [0.25, 0.3) is 0 Å². The molecule has 28 heavy (non-hydrogen) atoms. The van der Waals surface area contributed by atoms with Gasteiger partial charge >= 0.3 is 0 Å². The quantitative estimate of drug-likeness (QED) is 0.676. The van der Waals surface area contributed by atoms with Crippen molar-refractivity contribution < 1.29 is 19.1 Å². The standard InChI is InChI=1S/C22H30N2O4/c1-17(25)19-7-4-8-20(15-19)28-16-22(27)24-13-11-23(12-14-24)21(26)10-9-18-5-2-3-6-18/h4,7-8,15,18H,2-3,5-6,9-14,16H2,1H3. The Morgan fingerprint density at radius 1 is 1.00 bits per heavy atom. The molecule has 0 unspecified atom stereocenters. The summed E-state index contributed by atoms with van der Waals surface area (Å²) in [7, 11) is 0. The van der Waals surface area contributed by atoms with Gasteiger partial charge in [0, 0.05) is 38.2 Å². The largest absolute Gasteiger partial charge is 0.484 e. The second kappa shape index (κ2) is 9.71. The van der Waals surface area contributed by atoms with Crippen molar-refractivity contribution in [3.63, 3.8) is 0 Å². The van der Waals surface area contributed by atoms with Crippen LogP contribution < -0.4 is 4.74 Å². The lowest BCUT2D eigenvalue weighted by molar-refractivity contribution is -0.140. The summed E-state index contributed by atoms with van der Waals surface area (Å²) in [4.78, 5) is 39.9. The van der Waals surface area contributed by atoms with E-state index >= 15 is 0 Å². The minimum absolute atomic E-state index is 0.0366. The third-order valence-electron chi connectivity index (χ3n) is 5.83. The Hall–Kier alpha value is -2.37. The fourth-order valence-corrected chi connectivity index (χ4v) is 4.03. The number of carbonyl (C=O) groups is 3. The maximum absolute atomic E-state index is 12.4. The fourth-order valence-electron chi connectivity index (χ4n) is 4.03. The second-order valence-electron chi connectivity index (χ2n) is 7.82. The average Bonchev–Trinajstić information content (AvgIpc) is 3.24. The van der Waals surface area contributed by atoms with Gasteiger partial charge in [-0.25, -0.2) is 0 Å². The first kappa shape index (κ1) is 20.4. The number of ether oxygens (including phenoxy) is 1. The van der Waals surface area contributed by atoms with Crippen LogP contribution in [0.2, 0.25) is 0 Å². The molecule has 6 nitrogen and oxygen atoms in total. The van der Waals surface area contributed by atoms with E-state index in [0.717, 1.165) is 12.3 Å². The number of ketones is 1. The van der Waals surface area contributed by atoms with Crippen LogP contribution in [0.4, 0.5) is 0 Å². The van der Waals surface area contributed by atoms with Gasteiger partial charge in [-0.2, -0.15) is 0 Å². The number of rotatable bonds is 7. The molecule has 152 valence electrons. The van der Waals surface area contributed by atoms with Crippen molar-refractivity contribution in [1.82, 2.24) is 9.80 Å². The fraction of sp³-hybridized carbons (Fsp3) is 0.591. The number of carbonyl (C=O) groups excluding carboxylic acids is 3. The third kappa shape index (κ3) is 5.57. The van der Waals surface area contributed by atoms with E-state index in [2.05, 4.69) is 0 Å². The SMILES string of the molecule is CC(=O)c1cccc(OCC(=O)N2CCN(C(=O)CCC3CCCC3)CC2)c1. The minimum Gasteiger partial charge on any atom is -0.484 e. The zero-order chi connectivity index (χ0) is 19.9. The summed E-state index contributed by atoms with van der Waals surface area (Å²) in [6.07, 6.45) is 6.79. The van der Waals surface area contributed by atoms with Gasteiger partial charge in [0.1, 0.15) is 5.75 Å². The summed E-state index contributed by atoms with van der Waals surface area (Å²) < 4.78 is 5.56. The van der Waals surface area contributed by atoms with Crippen molar-refractivity contribution in [3.8, 4) is 5.75 Å². The molecule has 0 N–H and O–H groups in total. The summed E-state index contributed by atoms with van der Waals surface area (Å²) in [5.41, 5.74) is 0.565. The third-order valence-corrected chi connectivity index (χ3v) is 5.83. The molecule has 6 heteroatoms. The highest BCUT2D eigenvalue weighted by Gasteiger charge is 2.25. The van der Waals surface area contributed by atoms with E-state index in [-0.39, 0.29) is 24.2 Å². The number of nitrogens with zero attached hydrogens (tertiary/aromatic N) is 2. The Morgan fingerprint density at radius 2 is 1.64 bits per heavy atom. The lowest BCUT2D eigenvalue weighted by atomic mass is 10.0. The van der Waals surface area contributed by atoms with E-state index in [9.17, 15) is 14.4 Å². The lowest BCUT2D eigenvalue weighted by Gasteiger charge is -2.35. The molecule has 0 radical (unpaired) electrons. The monoisotopic (exact) mass is 386 g/mol. The van der Waals surface area contributed by atoms with Crippen LogP contribution in [-0.2, 0) is 9.59 Å². The summed E-state index contributed by atoms with van der Waals surface area (Å²) in [6, 6.07) is 6.85. The molecule has 1 saturated carbocycles. The van der Waals surface area contributed by atoms with Gasteiger partial charge < -0.3 is 14.5 Å². The summed E-state index contributed by atoms with van der Waals surface area (Å²) in [5.74, 6) is 1.33. The van der Waals surface area contributed by atoms with E-state index in [1.807, 2.05) is 4.90 Å². The van der Waals surface area contributed by atoms with Gasteiger partial charge in [0.2, 0.25) is 5.91 Å². The Kier molecular flexibility index (Phi) is 7.06. The summed E-state index contributed by atoms with van der Waals surface area (Å²) in [5, 5.41) is 0. The number of hydrogen-bond acceptors (Lipinski definition) is 4. The smallest absolute Gasteiger partial charge is 0.260 e. The predicted molar refractivity (Wildman–Crippen MR) is 106 cm³/mol. The van der Waals surface area contributed by atoms with Crippen LogP contribution in [0, 0.1) is 5.92 Å². The highest BCUT2D eigenvalue weighted by atomic mass is 16.5. The highest BCUT2D eigenvalue weighted by molar-refractivity contribution is 5.94. The molecule has 2 amide bonds. The number of hydrogen-bond donors (Lipinski definition) is 0. The first-order valence-corrected chi connectivity index (χ1v) is 10.3. The van der Waals surface area contributed by atoms with Gasteiger partial charge in [-0.3, -0.25) is 14.4 Å². The molecular formula is C22H30N2O4. The van der Waals surface area contributed by atoms with Gasteiger partial charge in [0.15, 0.2) is 12.4 Å². The molecule has 1 heterocycles. The molecule has 0 aromatic heterocycles. The molecule has 2 aliphatic rings. The Bertz CT molecular complexity index is 704. The van der Waals surface area contributed by atoms with Crippen LogP contribution in [0.5, 0.6) is 5.75 Å².